The van der Waals surface area contributed by atoms with Crippen LogP contribution in [0.25, 0.3) is 0 Å². The first-order chi connectivity index (χ1) is 35.4. The first-order valence-corrected chi connectivity index (χ1v) is 26.8. The number of nitrogens with one attached hydrogen (secondary N) is 4. The molecule has 1 aliphatic rings. The number of likely N-dealkylation sites (N-methyl/N-ethyl adjacent to an activating group) is 2. The van der Waals surface area contributed by atoms with Crippen molar-refractivity contribution in [2.75, 3.05) is 48.6 Å². The Balaban J connectivity index is 2.22. The van der Waals surface area contributed by atoms with Crippen molar-refractivity contribution in [3.05, 3.63) is 35.9 Å². The summed E-state index contributed by atoms with van der Waals surface area (Å²) in [6.07, 6.45) is 0.920. The molecule has 76 heavy (non-hydrogen) atoms. The van der Waals surface area contributed by atoms with Crippen LogP contribution in [0.2, 0.25) is 0 Å². The van der Waals surface area contributed by atoms with Crippen LogP contribution in [0, 0.1) is 35.5 Å². The Kier molecular flexibility index (Phi) is 27.1. The van der Waals surface area contributed by atoms with Gasteiger partial charge >= 0.3 is 5.97 Å². The molecule has 4 N–H and O–H groups in total. The van der Waals surface area contributed by atoms with Gasteiger partial charge in [0.15, 0.2) is 0 Å². The molecule has 0 saturated carbocycles. The number of nitrogens with zero attached hydrogens (tertiary/aromatic N) is 3. The molecule has 0 bridgehead atoms. The molecule has 0 spiro atoms. The SMILES string of the molecule is CC[C@H](C)[C@@H]([C@@H](CC(=O)N1CCC[C@H]1[C@H](OC)[C@@H](C)C(=O)N[C@@H](Cc1ccccc1)C(=O)OC)OC)N(C)C(=O)[C@@H](NC(=O)C(C(C)C)N(C)C(=O)CCC(C)(C)OCC(C)(C)NC(=O)C#CC(=O)NC(C)C)C(C)C. The third-order valence-electron chi connectivity index (χ3n) is 14.2. The summed E-state index contributed by atoms with van der Waals surface area (Å²) < 4.78 is 23.2. The van der Waals surface area contributed by atoms with E-state index in [0.29, 0.717) is 25.8 Å². The average molecular weight is 1070 g/mol. The maximum atomic E-state index is 14.7. The number of carbonyl (C=O) groups excluding carboxylic acids is 8. The first kappa shape index (κ1) is 66.5. The van der Waals surface area contributed by atoms with Crippen LogP contribution in [0.1, 0.15) is 134 Å². The summed E-state index contributed by atoms with van der Waals surface area (Å²) in [4.78, 5) is 113. The van der Waals surface area contributed by atoms with Crippen molar-refractivity contribution < 1.29 is 57.3 Å². The van der Waals surface area contributed by atoms with E-state index in [4.69, 9.17) is 18.9 Å². The summed E-state index contributed by atoms with van der Waals surface area (Å²) in [5, 5.41) is 11.2. The molecule has 0 aliphatic carbocycles. The van der Waals surface area contributed by atoms with E-state index in [2.05, 4.69) is 33.1 Å². The van der Waals surface area contributed by atoms with Crippen molar-refractivity contribution in [1.29, 1.82) is 0 Å². The molecule has 19 nitrogen and oxygen atoms in total. The van der Waals surface area contributed by atoms with Gasteiger partial charge in [0.2, 0.25) is 29.5 Å². The summed E-state index contributed by atoms with van der Waals surface area (Å²) in [6, 6.07) is 5.27. The van der Waals surface area contributed by atoms with Gasteiger partial charge in [0.1, 0.15) is 18.1 Å². The molecule has 1 aromatic carbocycles. The number of benzene rings is 1. The van der Waals surface area contributed by atoms with E-state index >= 15 is 0 Å². The lowest BCUT2D eigenvalue weighted by Crippen LogP contribution is -2.60. The molecule has 1 aromatic rings. The zero-order valence-electron chi connectivity index (χ0n) is 48.9. The van der Waals surface area contributed by atoms with E-state index in [9.17, 15) is 38.4 Å². The molecule has 1 heterocycles. The number of likely N-dealkylation sites (tertiary alicyclic amines) is 1. The predicted octanol–water partition coefficient (Wildman–Crippen LogP) is 4.43. The fourth-order valence-electron chi connectivity index (χ4n) is 9.67. The second kappa shape index (κ2) is 31.0. The van der Waals surface area contributed by atoms with Gasteiger partial charge in [0.05, 0.1) is 61.5 Å². The predicted molar refractivity (Wildman–Crippen MR) is 291 cm³/mol. The van der Waals surface area contributed by atoms with Gasteiger partial charge in [-0.3, -0.25) is 33.6 Å². The number of esters is 1. The highest BCUT2D eigenvalue weighted by Crippen LogP contribution is 2.30. The van der Waals surface area contributed by atoms with Crippen molar-refractivity contribution in [1.82, 2.24) is 36.0 Å². The van der Waals surface area contributed by atoms with E-state index in [1.54, 1.807) is 58.5 Å². The molecular weight excluding hydrogens is 975 g/mol. The van der Waals surface area contributed by atoms with E-state index in [1.807, 2.05) is 85.7 Å². The largest absolute Gasteiger partial charge is 0.467 e. The van der Waals surface area contributed by atoms with Crippen molar-refractivity contribution in [3.63, 3.8) is 0 Å². The highest BCUT2D eigenvalue weighted by molar-refractivity contribution is 6.03. The minimum atomic E-state index is -0.995. The highest BCUT2D eigenvalue weighted by Gasteiger charge is 2.44. The molecule has 0 radical (unpaired) electrons. The van der Waals surface area contributed by atoms with Crippen LogP contribution in [0.3, 0.4) is 0 Å². The topological polar surface area (TPSA) is 231 Å². The maximum Gasteiger partial charge on any atom is 0.328 e. The minimum Gasteiger partial charge on any atom is -0.467 e. The summed E-state index contributed by atoms with van der Waals surface area (Å²) in [7, 11) is 7.52. The van der Waals surface area contributed by atoms with Crippen LogP contribution >= 0.6 is 0 Å². The van der Waals surface area contributed by atoms with Crippen molar-refractivity contribution in [2.24, 2.45) is 23.7 Å². The Morgan fingerprint density at radius 3 is 1.95 bits per heavy atom. The summed E-state index contributed by atoms with van der Waals surface area (Å²) in [6.45, 7) is 24.3. The fourth-order valence-corrected chi connectivity index (χ4v) is 9.67. The van der Waals surface area contributed by atoms with Gasteiger partial charge in [-0.1, -0.05) is 85.2 Å². The molecule has 428 valence electrons. The van der Waals surface area contributed by atoms with Gasteiger partial charge in [0, 0.05) is 65.6 Å². The van der Waals surface area contributed by atoms with Crippen molar-refractivity contribution >= 4 is 47.3 Å². The van der Waals surface area contributed by atoms with Crippen molar-refractivity contribution in [3.8, 4) is 11.8 Å². The monoisotopic (exact) mass is 1070 g/mol. The molecule has 0 aromatic heterocycles. The van der Waals surface area contributed by atoms with Gasteiger partial charge in [-0.05, 0) is 84.1 Å². The lowest BCUT2D eigenvalue weighted by atomic mass is 9.89. The third-order valence-corrected chi connectivity index (χ3v) is 14.2. The zero-order chi connectivity index (χ0) is 57.8. The molecular formula is C57H93N7O12. The van der Waals surface area contributed by atoms with E-state index in [1.165, 1.54) is 26.2 Å². The summed E-state index contributed by atoms with van der Waals surface area (Å²) >= 11 is 0. The van der Waals surface area contributed by atoms with Gasteiger partial charge in [-0.15, -0.1) is 0 Å². The Hall–Kier alpha value is -5.58. The maximum absolute atomic E-state index is 14.7. The molecule has 1 unspecified atom stereocenters. The molecule has 7 amide bonds. The molecule has 1 fully saturated rings. The Bertz CT molecular complexity index is 2160. The van der Waals surface area contributed by atoms with E-state index in [0.717, 1.165) is 5.56 Å². The van der Waals surface area contributed by atoms with Gasteiger partial charge in [-0.25, -0.2) is 4.79 Å². The van der Waals surface area contributed by atoms with E-state index in [-0.39, 0.29) is 73.8 Å². The summed E-state index contributed by atoms with van der Waals surface area (Å²) in [5.41, 5.74) is -0.820. The van der Waals surface area contributed by atoms with Crippen LogP contribution in [0.4, 0.5) is 0 Å². The van der Waals surface area contributed by atoms with Crippen LogP contribution in [0.5, 0.6) is 0 Å². The Morgan fingerprint density at radius 2 is 1.41 bits per heavy atom. The Morgan fingerprint density at radius 1 is 0.789 bits per heavy atom. The molecule has 1 aliphatic heterocycles. The Labute approximate surface area is 453 Å². The number of ether oxygens (including phenoxy) is 4. The van der Waals surface area contributed by atoms with Crippen LogP contribution in [0.15, 0.2) is 30.3 Å². The number of methoxy groups -OCH3 is 3. The van der Waals surface area contributed by atoms with Crippen LogP contribution < -0.4 is 21.3 Å². The minimum absolute atomic E-state index is 0.0392. The quantitative estimate of drug-likeness (QED) is 0.0645. The van der Waals surface area contributed by atoms with Crippen LogP contribution in [-0.2, 0) is 63.7 Å². The summed E-state index contributed by atoms with van der Waals surface area (Å²) in [5.74, 6) is -0.616. The third kappa shape index (κ3) is 20.4. The van der Waals surface area contributed by atoms with Gasteiger partial charge in [-0.2, -0.15) is 0 Å². The normalized spacial score (nSPS) is 17.0. The molecule has 9 atom stereocenters. The second-order valence-corrected chi connectivity index (χ2v) is 22.6. The average Bonchev–Trinajstić information content (AvgIpc) is 3.84. The van der Waals surface area contributed by atoms with Gasteiger partial charge in [0.25, 0.3) is 11.8 Å². The fraction of sp³-hybridized carbons (Fsp3) is 0.719. The molecule has 19 heteroatoms. The second-order valence-electron chi connectivity index (χ2n) is 22.6. The van der Waals surface area contributed by atoms with E-state index < -0.39 is 89.1 Å². The smallest absolute Gasteiger partial charge is 0.328 e. The lowest BCUT2D eigenvalue weighted by molar-refractivity contribution is -0.149. The molecule has 1 saturated heterocycles. The standard InChI is InChI=1S/C57H93N7O12/c1-19-38(8)50(43(73-16)33-47(68)64-31-23-26-42(64)51(74-17)39(9)52(69)59-41(55(72)75-18)32-40-24-21-20-22-25-40)63(15)54(71)48(35(2)3)60-53(70)49(36(4)5)62(14)46(67)29-30-57(12,13)76-34-56(10,11)61-45(66)28-27-44(65)58-37(6)7/h20-22,24-25,35-39,41-43,48-51H,19,23,26,29-34H2,1-18H3,(H,58,65)(H,59,69)(H,60,70)(H,61,66)/t38-,39+,41-,42-,43+,48-,49?,50-,51+/m0/s1. The number of hydrogen-bond donors (Lipinski definition) is 4. The van der Waals surface area contributed by atoms with Crippen molar-refractivity contribution in [2.45, 2.75) is 195 Å². The number of rotatable bonds is 29. The number of hydrogen-bond acceptors (Lipinski definition) is 12. The molecule has 2 rings (SSSR count). The highest BCUT2D eigenvalue weighted by atomic mass is 16.5. The zero-order valence-corrected chi connectivity index (χ0v) is 48.9. The first-order valence-electron chi connectivity index (χ1n) is 26.8. The lowest BCUT2D eigenvalue weighted by Gasteiger charge is -2.41. The van der Waals surface area contributed by atoms with Crippen LogP contribution in [-0.4, -0.2) is 170 Å². The van der Waals surface area contributed by atoms with Gasteiger partial charge < -0.3 is 54.9 Å². The number of carbonyl (C=O) groups is 8. The number of amides is 7.